The van der Waals surface area contributed by atoms with Crippen LogP contribution in [-0.4, -0.2) is 17.0 Å². The van der Waals surface area contributed by atoms with E-state index >= 15 is 0 Å². The summed E-state index contributed by atoms with van der Waals surface area (Å²) in [6.07, 6.45) is 0. The zero-order valence-corrected chi connectivity index (χ0v) is 14.3. The van der Waals surface area contributed by atoms with Crippen molar-refractivity contribution in [1.29, 1.82) is 0 Å². The van der Waals surface area contributed by atoms with Crippen LogP contribution in [0.1, 0.15) is 44.3 Å². The van der Waals surface area contributed by atoms with Crippen molar-refractivity contribution in [3.63, 3.8) is 0 Å². The van der Waals surface area contributed by atoms with Crippen molar-refractivity contribution in [3.05, 3.63) is 107 Å². The van der Waals surface area contributed by atoms with Gasteiger partial charge in [0.25, 0.3) is 0 Å². The number of amides is 1. The Balaban J connectivity index is 2.40. The largest absolute Gasteiger partial charge is 0.478 e. The van der Waals surface area contributed by atoms with Gasteiger partial charge in [-0.05, 0) is 29.7 Å². The molecular formula is C22H19NO3. The molecule has 0 unspecified atom stereocenters. The molecule has 0 aliphatic carbocycles. The van der Waals surface area contributed by atoms with Crippen LogP contribution in [0.25, 0.3) is 0 Å². The van der Waals surface area contributed by atoms with E-state index in [1.807, 2.05) is 67.6 Å². The summed E-state index contributed by atoms with van der Waals surface area (Å²) in [5, 5.41) is 9.54. The van der Waals surface area contributed by atoms with E-state index in [1.165, 1.54) is 6.07 Å². The van der Waals surface area contributed by atoms with Crippen LogP contribution in [0.3, 0.4) is 0 Å². The quantitative estimate of drug-likeness (QED) is 0.690. The highest BCUT2D eigenvalue weighted by Crippen LogP contribution is 2.41. The molecule has 0 spiro atoms. The van der Waals surface area contributed by atoms with Gasteiger partial charge in [0.05, 0.1) is 11.1 Å². The number of benzene rings is 3. The zero-order valence-electron chi connectivity index (χ0n) is 14.3. The molecular weight excluding hydrogens is 326 g/mol. The van der Waals surface area contributed by atoms with E-state index in [1.54, 1.807) is 12.1 Å². The van der Waals surface area contributed by atoms with Crippen molar-refractivity contribution in [3.8, 4) is 0 Å². The van der Waals surface area contributed by atoms with Gasteiger partial charge in [0.2, 0.25) is 5.91 Å². The minimum atomic E-state index is -1.18. The van der Waals surface area contributed by atoms with Gasteiger partial charge >= 0.3 is 5.97 Å². The Bertz CT molecular complexity index is 910. The van der Waals surface area contributed by atoms with E-state index in [-0.39, 0.29) is 11.1 Å². The highest BCUT2D eigenvalue weighted by molar-refractivity contribution is 6.05. The number of carbonyl (C=O) groups is 2. The molecule has 0 aromatic heterocycles. The van der Waals surface area contributed by atoms with Crippen molar-refractivity contribution < 1.29 is 14.7 Å². The third-order valence-electron chi connectivity index (χ3n) is 4.78. The molecule has 0 saturated carbocycles. The van der Waals surface area contributed by atoms with E-state index in [4.69, 9.17) is 5.73 Å². The standard InChI is InChI=1S/C22H19NO3/c1-22(15-9-4-2-5-10-15,16-11-6-3-7-12-16)18-14-8-13-17(21(25)26)19(18)20(23)24/h2-14H,1H3,(H2,23,24)(H,25,26). The molecule has 3 N–H and O–H groups in total. The molecule has 0 radical (unpaired) electrons. The van der Waals surface area contributed by atoms with Crippen LogP contribution in [0.15, 0.2) is 78.9 Å². The van der Waals surface area contributed by atoms with Gasteiger partial charge in [0.1, 0.15) is 0 Å². The minimum Gasteiger partial charge on any atom is -0.478 e. The van der Waals surface area contributed by atoms with Crippen LogP contribution in [0.5, 0.6) is 0 Å². The second kappa shape index (κ2) is 6.84. The zero-order chi connectivity index (χ0) is 18.7. The normalized spacial score (nSPS) is 11.1. The second-order valence-electron chi connectivity index (χ2n) is 6.25. The molecule has 0 fully saturated rings. The monoisotopic (exact) mass is 345 g/mol. The molecule has 0 aliphatic heterocycles. The fourth-order valence-corrected chi connectivity index (χ4v) is 3.43. The number of carbonyl (C=O) groups excluding carboxylic acids is 1. The summed E-state index contributed by atoms with van der Waals surface area (Å²) in [6.45, 7) is 1.98. The predicted octanol–water partition coefficient (Wildman–Crippen LogP) is 3.84. The van der Waals surface area contributed by atoms with Crippen LogP contribution in [0.4, 0.5) is 0 Å². The summed E-state index contributed by atoms with van der Waals surface area (Å²) >= 11 is 0. The molecule has 3 aromatic rings. The first-order valence-electron chi connectivity index (χ1n) is 8.24. The molecule has 1 amide bonds. The molecule has 3 rings (SSSR count). The highest BCUT2D eigenvalue weighted by Gasteiger charge is 2.35. The molecule has 4 heteroatoms. The number of aromatic carboxylic acids is 1. The summed E-state index contributed by atoms with van der Waals surface area (Å²) in [5.74, 6) is -1.93. The maximum absolute atomic E-state index is 12.2. The third-order valence-corrected chi connectivity index (χ3v) is 4.78. The van der Waals surface area contributed by atoms with Crippen LogP contribution in [0.2, 0.25) is 0 Å². The van der Waals surface area contributed by atoms with Crippen molar-refractivity contribution >= 4 is 11.9 Å². The number of carboxylic acids is 1. The lowest BCUT2D eigenvalue weighted by atomic mass is 9.69. The van der Waals surface area contributed by atoms with Gasteiger partial charge in [-0.25, -0.2) is 4.79 Å². The average molecular weight is 345 g/mol. The van der Waals surface area contributed by atoms with Gasteiger partial charge in [-0.1, -0.05) is 72.8 Å². The van der Waals surface area contributed by atoms with E-state index in [0.29, 0.717) is 5.56 Å². The van der Waals surface area contributed by atoms with Gasteiger partial charge in [-0.3, -0.25) is 4.79 Å². The summed E-state index contributed by atoms with van der Waals surface area (Å²) in [6, 6.07) is 24.2. The maximum atomic E-state index is 12.2. The molecule has 0 bridgehead atoms. The summed E-state index contributed by atoms with van der Waals surface area (Å²) < 4.78 is 0. The Morgan fingerprint density at radius 1 is 0.808 bits per heavy atom. The SMILES string of the molecule is CC(c1ccccc1)(c1ccccc1)c1cccc(C(=O)O)c1C(N)=O. The molecule has 130 valence electrons. The van der Waals surface area contributed by atoms with E-state index in [9.17, 15) is 14.7 Å². The van der Waals surface area contributed by atoms with Crippen molar-refractivity contribution in [1.82, 2.24) is 0 Å². The molecule has 26 heavy (non-hydrogen) atoms. The average Bonchev–Trinajstić information content (AvgIpc) is 2.68. The minimum absolute atomic E-state index is 0.0372. The molecule has 0 atom stereocenters. The van der Waals surface area contributed by atoms with E-state index < -0.39 is 17.3 Å². The Morgan fingerprint density at radius 3 is 1.73 bits per heavy atom. The van der Waals surface area contributed by atoms with E-state index in [0.717, 1.165) is 11.1 Å². The Labute approximate surface area is 151 Å². The van der Waals surface area contributed by atoms with Gasteiger partial charge in [0, 0.05) is 5.41 Å². The molecule has 3 aromatic carbocycles. The van der Waals surface area contributed by atoms with Crippen LogP contribution < -0.4 is 5.73 Å². The van der Waals surface area contributed by atoms with Gasteiger partial charge < -0.3 is 10.8 Å². The third kappa shape index (κ3) is 2.86. The first-order chi connectivity index (χ1) is 12.5. The van der Waals surface area contributed by atoms with Crippen LogP contribution in [0, 0.1) is 0 Å². The van der Waals surface area contributed by atoms with Gasteiger partial charge in [-0.15, -0.1) is 0 Å². The van der Waals surface area contributed by atoms with Gasteiger partial charge in [0.15, 0.2) is 0 Å². The maximum Gasteiger partial charge on any atom is 0.336 e. The van der Waals surface area contributed by atoms with Gasteiger partial charge in [-0.2, -0.15) is 0 Å². The van der Waals surface area contributed by atoms with E-state index in [2.05, 4.69) is 0 Å². The molecule has 0 saturated heterocycles. The molecule has 0 aliphatic rings. The first kappa shape index (κ1) is 17.4. The molecule has 0 heterocycles. The fourth-order valence-electron chi connectivity index (χ4n) is 3.43. The lowest BCUT2D eigenvalue weighted by Crippen LogP contribution is -2.31. The number of rotatable bonds is 5. The smallest absolute Gasteiger partial charge is 0.336 e. The first-order valence-corrected chi connectivity index (χ1v) is 8.24. The number of carboxylic acid groups (broad SMARTS) is 1. The van der Waals surface area contributed by atoms with Crippen molar-refractivity contribution in [2.45, 2.75) is 12.3 Å². The second-order valence-corrected chi connectivity index (χ2v) is 6.25. The highest BCUT2D eigenvalue weighted by atomic mass is 16.4. The van der Waals surface area contributed by atoms with Crippen molar-refractivity contribution in [2.75, 3.05) is 0 Å². The number of hydrogen-bond donors (Lipinski definition) is 2. The Hall–Kier alpha value is -3.40. The Kier molecular flexibility index (Phi) is 4.59. The summed E-state index contributed by atoms with van der Waals surface area (Å²) in [5.41, 5.74) is 7.27. The van der Waals surface area contributed by atoms with Crippen LogP contribution in [-0.2, 0) is 5.41 Å². The number of hydrogen-bond acceptors (Lipinski definition) is 2. The lowest BCUT2D eigenvalue weighted by Gasteiger charge is -2.33. The number of primary amides is 1. The fraction of sp³-hybridized carbons (Fsp3) is 0.0909. The predicted molar refractivity (Wildman–Crippen MR) is 100 cm³/mol. The van der Waals surface area contributed by atoms with Crippen molar-refractivity contribution in [2.24, 2.45) is 5.73 Å². The Morgan fingerprint density at radius 2 is 1.31 bits per heavy atom. The topological polar surface area (TPSA) is 80.4 Å². The lowest BCUT2D eigenvalue weighted by molar-refractivity contribution is 0.0691. The number of nitrogens with two attached hydrogens (primary N) is 1. The summed E-state index contributed by atoms with van der Waals surface area (Å²) in [7, 11) is 0. The molecule has 4 nitrogen and oxygen atoms in total. The summed E-state index contributed by atoms with van der Waals surface area (Å²) in [4.78, 5) is 23.9. The van der Waals surface area contributed by atoms with Crippen LogP contribution >= 0.6 is 0 Å².